The van der Waals surface area contributed by atoms with E-state index in [1.165, 1.54) is 31.4 Å². The summed E-state index contributed by atoms with van der Waals surface area (Å²) in [5.41, 5.74) is 1.89. The minimum Gasteiger partial charge on any atom is -0.478 e. The van der Waals surface area contributed by atoms with Crippen LogP contribution in [0.3, 0.4) is 0 Å². The largest absolute Gasteiger partial charge is 0.478 e. The number of nitro groups is 2. The number of aromatic nitrogens is 1. The smallest absolute Gasteiger partial charge is 0.352 e. The van der Waals surface area contributed by atoms with Crippen LogP contribution in [0.4, 0.5) is 16.5 Å². The van der Waals surface area contributed by atoms with Crippen LogP contribution in [0, 0.1) is 20.2 Å². The summed E-state index contributed by atoms with van der Waals surface area (Å²) in [4.78, 5) is 80.7. The molecule has 18 nitrogen and oxygen atoms in total. The lowest BCUT2D eigenvalue weighted by atomic mass is 10.0. The van der Waals surface area contributed by atoms with Gasteiger partial charge >= 0.3 is 11.9 Å². The SMILES string of the molecule is CC(C)(ON=C(C(=O)NC1C(=O)N2C(C(=O)O)=C(C=Cc3ccc([N+](=O)[O-])cc3[N+](=O)[O-])CS[C@@H]12)c1csc(N)n1)C(=O)O. The number of nitrogens with two attached hydrogens (primary N) is 1. The number of carbonyl (C=O) groups excluding carboxylic acids is 2. The van der Waals surface area contributed by atoms with E-state index >= 15 is 0 Å². The number of oxime groups is 1. The Labute approximate surface area is 254 Å². The zero-order chi connectivity index (χ0) is 32.5. The van der Waals surface area contributed by atoms with Crippen molar-refractivity contribution in [2.75, 3.05) is 11.5 Å². The zero-order valence-electron chi connectivity index (χ0n) is 22.5. The predicted octanol–water partition coefficient (Wildman–Crippen LogP) is 1.58. The van der Waals surface area contributed by atoms with Crippen molar-refractivity contribution in [3.05, 3.63) is 72.4 Å². The number of amides is 2. The number of hydrogen-bond donors (Lipinski definition) is 4. The van der Waals surface area contributed by atoms with Crippen LogP contribution in [-0.2, 0) is 24.0 Å². The molecule has 44 heavy (non-hydrogen) atoms. The number of thioether (sulfide) groups is 1. The molecule has 0 radical (unpaired) electrons. The van der Waals surface area contributed by atoms with E-state index < -0.39 is 73.4 Å². The van der Waals surface area contributed by atoms with Crippen molar-refractivity contribution in [3.8, 4) is 0 Å². The Morgan fingerprint density at radius 2 is 1.93 bits per heavy atom. The fourth-order valence-corrected chi connectivity index (χ4v) is 5.78. The quantitative estimate of drug-likeness (QED) is 0.117. The van der Waals surface area contributed by atoms with E-state index in [2.05, 4.69) is 15.5 Å². The number of carbonyl (C=O) groups is 4. The molecule has 0 saturated carbocycles. The molecule has 2 aromatic rings. The van der Waals surface area contributed by atoms with Crippen molar-refractivity contribution in [1.29, 1.82) is 0 Å². The molecule has 5 N–H and O–H groups in total. The van der Waals surface area contributed by atoms with Gasteiger partial charge in [-0.3, -0.25) is 34.7 Å². The molecule has 2 aliphatic heterocycles. The normalized spacial score (nSPS) is 18.5. The second kappa shape index (κ2) is 12.1. The second-order valence-corrected chi connectivity index (χ2v) is 11.5. The van der Waals surface area contributed by atoms with Gasteiger partial charge in [0.25, 0.3) is 23.2 Å². The van der Waals surface area contributed by atoms with Gasteiger partial charge in [0.1, 0.15) is 22.8 Å². The molecule has 1 saturated heterocycles. The average molecular weight is 648 g/mol. The van der Waals surface area contributed by atoms with Crippen LogP contribution < -0.4 is 11.1 Å². The molecule has 1 fully saturated rings. The van der Waals surface area contributed by atoms with Gasteiger partial charge in [-0.05, 0) is 31.6 Å². The first-order chi connectivity index (χ1) is 20.6. The lowest BCUT2D eigenvalue weighted by molar-refractivity contribution is -0.394. The van der Waals surface area contributed by atoms with Crippen LogP contribution in [0.1, 0.15) is 25.1 Å². The van der Waals surface area contributed by atoms with Gasteiger partial charge in [0, 0.05) is 17.2 Å². The Balaban J connectivity index is 1.58. The zero-order valence-corrected chi connectivity index (χ0v) is 24.2. The number of nitrogens with zero attached hydrogens (tertiary/aromatic N) is 5. The van der Waals surface area contributed by atoms with Gasteiger partial charge in [-0.15, -0.1) is 23.1 Å². The van der Waals surface area contributed by atoms with E-state index in [0.29, 0.717) is 0 Å². The molecule has 3 heterocycles. The van der Waals surface area contributed by atoms with Crippen molar-refractivity contribution in [2.24, 2.45) is 5.16 Å². The first-order valence-electron chi connectivity index (χ1n) is 12.2. The van der Waals surface area contributed by atoms with Gasteiger partial charge in [0.2, 0.25) is 5.60 Å². The van der Waals surface area contributed by atoms with E-state index in [-0.39, 0.29) is 27.7 Å². The number of carboxylic acid groups (broad SMARTS) is 2. The molecule has 1 aromatic heterocycles. The van der Waals surface area contributed by atoms with Crippen LogP contribution in [0.5, 0.6) is 0 Å². The lowest BCUT2D eigenvalue weighted by Gasteiger charge is -2.49. The molecule has 4 rings (SSSR count). The highest BCUT2D eigenvalue weighted by atomic mass is 32.2. The Kier molecular flexibility index (Phi) is 8.67. The summed E-state index contributed by atoms with van der Waals surface area (Å²) in [6.45, 7) is 2.39. The number of hydrogen-bond acceptors (Lipinski definition) is 14. The van der Waals surface area contributed by atoms with Crippen LogP contribution in [0.15, 0.2) is 46.1 Å². The first-order valence-corrected chi connectivity index (χ1v) is 14.1. The van der Waals surface area contributed by atoms with Crippen molar-refractivity contribution < 1.29 is 44.1 Å². The Hall–Kier alpha value is -5.37. The summed E-state index contributed by atoms with van der Waals surface area (Å²) < 4.78 is 0. The molecule has 2 atom stereocenters. The third-order valence-corrected chi connectivity index (χ3v) is 8.21. The maximum atomic E-state index is 13.2. The summed E-state index contributed by atoms with van der Waals surface area (Å²) in [5, 5.41) is 48.4. The number of benzene rings is 1. The Bertz CT molecular complexity index is 1700. The molecule has 0 aliphatic carbocycles. The van der Waals surface area contributed by atoms with Gasteiger partial charge in [-0.1, -0.05) is 11.2 Å². The molecule has 2 aliphatic rings. The molecular formula is C24H21N7O11S2. The number of nitrogen functional groups attached to an aromatic ring is 1. The van der Waals surface area contributed by atoms with Crippen LogP contribution in [0.25, 0.3) is 6.08 Å². The number of thiazole rings is 1. The van der Waals surface area contributed by atoms with Gasteiger partial charge < -0.3 is 26.1 Å². The second-order valence-electron chi connectivity index (χ2n) is 9.55. The lowest BCUT2D eigenvalue weighted by Crippen LogP contribution is -2.71. The van der Waals surface area contributed by atoms with Gasteiger partial charge in [0.05, 0.1) is 21.5 Å². The average Bonchev–Trinajstić information content (AvgIpc) is 3.39. The number of carboxylic acids is 2. The van der Waals surface area contributed by atoms with Gasteiger partial charge in [0.15, 0.2) is 10.8 Å². The summed E-state index contributed by atoms with van der Waals surface area (Å²) in [6.07, 6.45) is 2.48. The van der Waals surface area contributed by atoms with E-state index in [4.69, 9.17) is 10.6 Å². The van der Waals surface area contributed by atoms with E-state index in [9.17, 15) is 49.6 Å². The molecule has 230 valence electrons. The third-order valence-electron chi connectivity index (χ3n) is 6.23. The predicted molar refractivity (Wildman–Crippen MR) is 154 cm³/mol. The maximum absolute atomic E-state index is 13.2. The third kappa shape index (κ3) is 6.20. The summed E-state index contributed by atoms with van der Waals surface area (Å²) in [5.74, 6) is -4.59. The van der Waals surface area contributed by atoms with Gasteiger partial charge in [-0.2, -0.15) is 0 Å². The molecule has 20 heteroatoms. The number of anilines is 1. The summed E-state index contributed by atoms with van der Waals surface area (Å²) in [7, 11) is 0. The Morgan fingerprint density at radius 1 is 1.23 bits per heavy atom. The molecule has 0 spiro atoms. The van der Waals surface area contributed by atoms with Crippen molar-refractivity contribution in [1.82, 2.24) is 15.2 Å². The van der Waals surface area contributed by atoms with E-state index in [0.717, 1.165) is 46.2 Å². The van der Waals surface area contributed by atoms with E-state index in [1.54, 1.807) is 0 Å². The highest BCUT2D eigenvalue weighted by Crippen LogP contribution is 2.41. The fraction of sp³-hybridized carbons (Fsp3) is 0.250. The van der Waals surface area contributed by atoms with Crippen molar-refractivity contribution in [3.63, 3.8) is 0 Å². The number of aliphatic carboxylic acids is 2. The number of nitro benzene ring substituents is 2. The van der Waals surface area contributed by atoms with Crippen LogP contribution in [0.2, 0.25) is 0 Å². The highest BCUT2D eigenvalue weighted by molar-refractivity contribution is 8.00. The molecule has 0 bridgehead atoms. The minimum atomic E-state index is -1.82. The van der Waals surface area contributed by atoms with Crippen LogP contribution >= 0.6 is 23.1 Å². The number of fused-ring (bicyclic) bond motifs is 1. The maximum Gasteiger partial charge on any atom is 0.352 e. The summed E-state index contributed by atoms with van der Waals surface area (Å²) in [6, 6.07) is 1.76. The van der Waals surface area contributed by atoms with Crippen LogP contribution in [-0.4, -0.2) is 82.2 Å². The number of nitrogens with one attached hydrogen (secondary N) is 1. The standard InChI is InChI=1S/C24H21N7O11S2/c1-24(2,22(36)37)42-28-15(13-9-44-23(25)26-13)18(32)27-16-19(33)29-17(21(34)35)11(8-43-20(16)29)4-3-10-5-6-12(30(38)39)7-14(10)31(40)41/h3-7,9,16,20H,8H2,1-2H3,(H2,25,26)(H,27,32)(H,34,35)(H,36,37)/t16?,20-/m0/s1. The number of rotatable bonds is 11. The Morgan fingerprint density at radius 3 is 2.50 bits per heavy atom. The highest BCUT2D eigenvalue weighted by Gasteiger charge is 2.54. The molecule has 1 unspecified atom stereocenters. The first kappa shape index (κ1) is 31.6. The molecule has 1 aromatic carbocycles. The minimum absolute atomic E-state index is 0.0131. The topological polar surface area (TPSA) is 271 Å². The number of non-ortho nitro benzene ring substituents is 1. The number of β-lactam (4-membered cyclic amide) rings is 1. The van der Waals surface area contributed by atoms with Crippen molar-refractivity contribution >= 4 is 75.1 Å². The molecular weight excluding hydrogens is 626 g/mol. The number of allylic oxidation sites excluding steroid dienone is 1. The fourth-order valence-electron chi connectivity index (χ4n) is 3.92. The molecule has 2 amide bonds. The van der Waals surface area contributed by atoms with Crippen molar-refractivity contribution in [2.45, 2.75) is 30.9 Å². The van der Waals surface area contributed by atoms with Gasteiger partial charge in [-0.25, -0.2) is 14.6 Å². The summed E-state index contributed by atoms with van der Waals surface area (Å²) >= 11 is 2.06. The monoisotopic (exact) mass is 647 g/mol. The van der Waals surface area contributed by atoms with E-state index in [1.807, 2.05) is 0 Å².